The lowest BCUT2D eigenvalue weighted by Crippen LogP contribution is -2.33. The van der Waals surface area contributed by atoms with E-state index in [0.29, 0.717) is 11.8 Å². The number of rotatable bonds is 2. The Morgan fingerprint density at radius 2 is 0.898 bits per heavy atom. The Morgan fingerprint density at radius 3 is 1.61 bits per heavy atom. The molecule has 8 aromatic carbocycles. The summed E-state index contributed by atoms with van der Waals surface area (Å²) in [6.45, 7) is 0. The third kappa shape index (κ3) is 3.43. The van der Waals surface area contributed by atoms with Crippen LogP contribution >= 0.6 is 0 Å². The molecule has 0 fully saturated rings. The summed E-state index contributed by atoms with van der Waals surface area (Å²) in [5, 5.41) is 7.79. The Bertz CT molecular complexity index is 2670. The van der Waals surface area contributed by atoms with Gasteiger partial charge in [-0.05, 0) is 94.0 Å². The molecule has 3 aliphatic carbocycles. The SMILES string of the molecule is C1=CC2c3ccccc3C3(c4ccccc4-c4c3cc(-c3c5ccccc5c(-c5ccccc5)c5ccccc35)c3ccccc43)C2C=C1. The lowest BCUT2D eigenvalue weighted by atomic mass is 9.65. The normalized spacial score (nSPS) is 19.8. The van der Waals surface area contributed by atoms with Crippen LogP contribution in [0.1, 0.15) is 28.2 Å². The van der Waals surface area contributed by atoms with E-state index in [1.165, 1.54) is 88.0 Å². The van der Waals surface area contributed by atoms with E-state index in [9.17, 15) is 0 Å². The van der Waals surface area contributed by atoms with Gasteiger partial charge in [-0.1, -0.05) is 176 Å². The maximum absolute atomic E-state index is 2.61. The highest BCUT2D eigenvalue weighted by Gasteiger charge is 2.57. The third-order valence-electron chi connectivity index (χ3n) is 11.7. The monoisotopic (exact) mass is 620 g/mol. The maximum atomic E-state index is 2.61. The zero-order chi connectivity index (χ0) is 32.1. The highest BCUT2D eigenvalue weighted by molar-refractivity contribution is 6.24. The van der Waals surface area contributed by atoms with Gasteiger partial charge in [-0.3, -0.25) is 0 Å². The topological polar surface area (TPSA) is 0 Å². The van der Waals surface area contributed by atoms with Gasteiger partial charge >= 0.3 is 0 Å². The van der Waals surface area contributed by atoms with Gasteiger partial charge in [0.05, 0.1) is 5.41 Å². The predicted molar refractivity (Wildman–Crippen MR) is 206 cm³/mol. The van der Waals surface area contributed by atoms with Crippen LogP contribution in [0.2, 0.25) is 0 Å². The molecule has 3 atom stereocenters. The van der Waals surface area contributed by atoms with Crippen LogP contribution in [0.4, 0.5) is 0 Å². The van der Waals surface area contributed by atoms with Crippen molar-refractivity contribution in [2.45, 2.75) is 11.3 Å². The summed E-state index contributed by atoms with van der Waals surface area (Å²) in [5.74, 6) is 0.627. The molecule has 228 valence electrons. The molecular formula is C49H32. The van der Waals surface area contributed by atoms with Crippen molar-refractivity contribution in [2.24, 2.45) is 5.92 Å². The van der Waals surface area contributed by atoms with E-state index in [1.54, 1.807) is 0 Å². The summed E-state index contributed by atoms with van der Waals surface area (Å²) >= 11 is 0. The summed E-state index contributed by atoms with van der Waals surface area (Å²) in [5.41, 5.74) is 13.4. The number of benzene rings is 8. The van der Waals surface area contributed by atoms with Crippen LogP contribution in [0.25, 0.3) is 65.7 Å². The molecule has 0 saturated carbocycles. The lowest BCUT2D eigenvalue weighted by Gasteiger charge is -2.36. The minimum Gasteiger partial charge on any atom is -0.0789 e. The van der Waals surface area contributed by atoms with Crippen molar-refractivity contribution >= 4 is 32.3 Å². The minimum atomic E-state index is -0.289. The molecule has 3 aliphatic rings. The number of fused-ring (bicyclic) bond motifs is 14. The van der Waals surface area contributed by atoms with Gasteiger partial charge in [-0.15, -0.1) is 0 Å². The van der Waals surface area contributed by atoms with Crippen LogP contribution in [-0.2, 0) is 5.41 Å². The first-order valence-corrected chi connectivity index (χ1v) is 17.5. The second kappa shape index (κ2) is 10.0. The number of hydrogen-bond acceptors (Lipinski definition) is 0. The number of allylic oxidation sites excluding steroid dienone is 4. The zero-order valence-corrected chi connectivity index (χ0v) is 27.0. The second-order valence-electron chi connectivity index (χ2n) is 13.9. The Morgan fingerprint density at radius 1 is 0.367 bits per heavy atom. The van der Waals surface area contributed by atoms with Crippen molar-refractivity contribution in [1.29, 1.82) is 0 Å². The van der Waals surface area contributed by atoms with Gasteiger partial charge in [0, 0.05) is 11.8 Å². The predicted octanol–water partition coefficient (Wildman–Crippen LogP) is 12.6. The van der Waals surface area contributed by atoms with Crippen molar-refractivity contribution in [1.82, 2.24) is 0 Å². The number of hydrogen-bond donors (Lipinski definition) is 0. The molecule has 0 heteroatoms. The molecule has 0 aromatic heterocycles. The van der Waals surface area contributed by atoms with Crippen LogP contribution in [0.3, 0.4) is 0 Å². The van der Waals surface area contributed by atoms with E-state index in [1.807, 2.05) is 0 Å². The van der Waals surface area contributed by atoms with Crippen LogP contribution < -0.4 is 0 Å². The Balaban J connectivity index is 1.33. The van der Waals surface area contributed by atoms with Crippen molar-refractivity contribution in [3.8, 4) is 33.4 Å². The van der Waals surface area contributed by atoms with Gasteiger partial charge in [0.1, 0.15) is 0 Å². The molecule has 3 unspecified atom stereocenters. The standard InChI is InChI=1S/C49H32/c1-2-16-31(17-3-1)46-36-22-6-8-24-38(36)47(39-25-9-7-23-37(39)46)41-30-45-48(35-21-5-4-18-32(35)41)40-26-12-15-29-44(40)49(45)42-27-13-10-19-33(42)34-20-11-14-28-43(34)49/h1-30,33,42H. The quantitative estimate of drug-likeness (QED) is 0.169. The molecule has 0 heterocycles. The molecule has 49 heavy (non-hydrogen) atoms. The lowest BCUT2D eigenvalue weighted by molar-refractivity contribution is 0.466. The van der Waals surface area contributed by atoms with Crippen molar-refractivity contribution in [3.05, 3.63) is 204 Å². The summed E-state index contributed by atoms with van der Waals surface area (Å²) < 4.78 is 0. The van der Waals surface area contributed by atoms with E-state index >= 15 is 0 Å². The van der Waals surface area contributed by atoms with E-state index in [4.69, 9.17) is 0 Å². The van der Waals surface area contributed by atoms with Crippen molar-refractivity contribution in [3.63, 3.8) is 0 Å². The van der Waals surface area contributed by atoms with Gasteiger partial charge < -0.3 is 0 Å². The average molecular weight is 621 g/mol. The molecule has 8 aromatic rings. The molecule has 0 aliphatic heterocycles. The van der Waals surface area contributed by atoms with Crippen molar-refractivity contribution < 1.29 is 0 Å². The van der Waals surface area contributed by atoms with Gasteiger partial charge in [-0.2, -0.15) is 0 Å². The molecule has 0 nitrogen and oxygen atoms in total. The zero-order valence-electron chi connectivity index (χ0n) is 27.0. The Kier molecular flexibility index (Phi) is 5.52. The molecule has 0 N–H and O–H groups in total. The molecular weight excluding hydrogens is 589 g/mol. The molecule has 0 radical (unpaired) electrons. The summed E-state index contributed by atoms with van der Waals surface area (Å²) in [6, 6.07) is 59.3. The van der Waals surface area contributed by atoms with Gasteiger partial charge in [0.25, 0.3) is 0 Å². The highest BCUT2D eigenvalue weighted by Crippen LogP contribution is 2.66. The molecule has 1 spiro atoms. The van der Waals surface area contributed by atoms with E-state index in [-0.39, 0.29) is 5.41 Å². The summed E-state index contributed by atoms with van der Waals surface area (Å²) in [7, 11) is 0. The smallest absolute Gasteiger partial charge is 0.0538 e. The van der Waals surface area contributed by atoms with Gasteiger partial charge in [0.2, 0.25) is 0 Å². The Hall–Kier alpha value is -5.98. The van der Waals surface area contributed by atoms with Crippen LogP contribution in [-0.4, -0.2) is 0 Å². The van der Waals surface area contributed by atoms with E-state index in [0.717, 1.165) is 0 Å². The fraction of sp³-hybridized carbons (Fsp3) is 0.0612. The largest absolute Gasteiger partial charge is 0.0789 e. The van der Waals surface area contributed by atoms with E-state index < -0.39 is 0 Å². The minimum absolute atomic E-state index is 0.289. The molecule has 0 saturated heterocycles. The molecule has 0 amide bonds. The third-order valence-corrected chi connectivity index (χ3v) is 11.7. The van der Waals surface area contributed by atoms with Crippen LogP contribution in [0.15, 0.2) is 182 Å². The maximum Gasteiger partial charge on any atom is 0.0538 e. The van der Waals surface area contributed by atoms with Crippen LogP contribution in [0, 0.1) is 5.92 Å². The van der Waals surface area contributed by atoms with Gasteiger partial charge in [-0.25, -0.2) is 0 Å². The molecule has 0 bridgehead atoms. The average Bonchev–Trinajstić information content (AvgIpc) is 3.64. The fourth-order valence-corrected chi connectivity index (χ4v) is 10.0. The first-order valence-electron chi connectivity index (χ1n) is 17.5. The van der Waals surface area contributed by atoms with E-state index in [2.05, 4.69) is 182 Å². The molecule has 11 rings (SSSR count). The highest BCUT2D eigenvalue weighted by atomic mass is 14.6. The summed E-state index contributed by atoms with van der Waals surface area (Å²) in [6.07, 6.45) is 9.45. The first kappa shape index (κ1) is 27.0. The fourth-order valence-electron chi connectivity index (χ4n) is 10.0. The van der Waals surface area contributed by atoms with Crippen molar-refractivity contribution in [2.75, 3.05) is 0 Å². The first-order chi connectivity index (χ1) is 24.4. The summed E-state index contributed by atoms with van der Waals surface area (Å²) in [4.78, 5) is 0. The second-order valence-corrected chi connectivity index (χ2v) is 13.9. The van der Waals surface area contributed by atoms with Crippen LogP contribution in [0.5, 0.6) is 0 Å². The van der Waals surface area contributed by atoms with Gasteiger partial charge in [0.15, 0.2) is 0 Å². The Labute approximate surface area is 286 Å².